The summed E-state index contributed by atoms with van der Waals surface area (Å²) in [4.78, 5) is 6.79. The molecule has 0 saturated carbocycles. The zero-order valence-corrected chi connectivity index (χ0v) is 15.5. The van der Waals surface area contributed by atoms with E-state index in [-0.39, 0.29) is 11.9 Å². The third-order valence-electron chi connectivity index (χ3n) is 4.19. The maximum absolute atomic E-state index is 12.4. The first kappa shape index (κ1) is 19.0. The Morgan fingerprint density at radius 3 is 2.88 bits per heavy atom. The summed E-state index contributed by atoms with van der Waals surface area (Å²) in [7, 11) is 0. The lowest BCUT2D eigenvalue weighted by Crippen LogP contribution is -2.29. The van der Waals surface area contributed by atoms with Crippen molar-refractivity contribution in [1.29, 1.82) is 0 Å². The van der Waals surface area contributed by atoms with Crippen LogP contribution in [0.25, 0.3) is 0 Å². The quantitative estimate of drug-likeness (QED) is 0.692. The van der Waals surface area contributed by atoms with Crippen molar-refractivity contribution >= 4 is 17.0 Å². The van der Waals surface area contributed by atoms with E-state index in [9.17, 15) is 13.2 Å². The summed E-state index contributed by atoms with van der Waals surface area (Å²) in [6.07, 6.45) is -3.08. The first-order valence-electron chi connectivity index (χ1n) is 8.55. The van der Waals surface area contributed by atoms with Crippen molar-refractivity contribution in [3.63, 3.8) is 0 Å². The van der Waals surface area contributed by atoms with Gasteiger partial charge in [0.05, 0.1) is 12.2 Å². The summed E-state index contributed by atoms with van der Waals surface area (Å²) >= 11 is 1.57. The molecule has 0 saturated heterocycles. The molecule has 0 fully saturated rings. The number of aryl methyl sites for hydroxylation is 1. The second-order valence-electron chi connectivity index (χ2n) is 6.14. The molecule has 2 aromatic rings. The third kappa shape index (κ3) is 4.67. The molecular weight excluding hydrogens is 365 g/mol. The maximum atomic E-state index is 12.4. The van der Waals surface area contributed by atoms with E-state index >= 15 is 0 Å². The highest BCUT2D eigenvalue weighted by Gasteiger charge is 2.31. The number of hydrogen-bond donors (Lipinski definition) is 0. The summed E-state index contributed by atoms with van der Waals surface area (Å²) in [5.41, 5.74) is 2.76. The maximum Gasteiger partial charge on any atom is 0.573 e. The van der Waals surface area contributed by atoms with Crippen molar-refractivity contribution in [2.24, 2.45) is 0 Å². The minimum absolute atomic E-state index is 0.0329. The van der Waals surface area contributed by atoms with Gasteiger partial charge in [-0.25, -0.2) is 4.98 Å². The summed E-state index contributed by atoms with van der Waals surface area (Å²) in [6, 6.07) is 4.55. The molecule has 3 rings (SSSR count). The van der Waals surface area contributed by atoms with Crippen molar-refractivity contribution in [1.82, 2.24) is 4.98 Å². The lowest BCUT2D eigenvalue weighted by Gasteiger charge is -2.31. The monoisotopic (exact) mass is 386 g/mol. The number of alkyl halides is 3. The van der Waals surface area contributed by atoms with Gasteiger partial charge in [0, 0.05) is 24.2 Å². The van der Waals surface area contributed by atoms with Crippen LogP contribution in [0.5, 0.6) is 5.75 Å². The van der Waals surface area contributed by atoms with E-state index in [1.165, 1.54) is 12.1 Å². The van der Waals surface area contributed by atoms with Crippen LogP contribution < -0.4 is 9.64 Å². The van der Waals surface area contributed by atoms with Gasteiger partial charge in [0.15, 0.2) is 0 Å². The van der Waals surface area contributed by atoms with Gasteiger partial charge < -0.3 is 14.4 Å². The molecule has 1 aromatic carbocycles. The number of anilines is 1. The molecule has 0 bridgehead atoms. The Labute approximate surface area is 154 Å². The molecule has 0 aliphatic carbocycles. The Kier molecular flexibility index (Phi) is 5.72. The van der Waals surface area contributed by atoms with Crippen molar-refractivity contribution in [2.45, 2.75) is 45.7 Å². The highest BCUT2D eigenvalue weighted by Crippen LogP contribution is 2.34. The van der Waals surface area contributed by atoms with Crippen LogP contribution in [0.15, 0.2) is 23.6 Å². The van der Waals surface area contributed by atoms with Crippen LogP contribution in [0.2, 0.25) is 0 Å². The number of fused-ring (bicyclic) bond motifs is 1. The normalized spacial score (nSPS) is 15.7. The lowest BCUT2D eigenvalue weighted by atomic mass is 10.0. The number of halogens is 3. The molecule has 2 heterocycles. The minimum atomic E-state index is -4.67. The van der Waals surface area contributed by atoms with Crippen LogP contribution in [0.4, 0.5) is 18.9 Å². The number of thiazole rings is 1. The van der Waals surface area contributed by atoms with Crippen molar-refractivity contribution in [2.75, 3.05) is 18.1 Å². The Bertz CT molecular complexity index is 748. The zero-order chi connectivity index (χ0) is 18.7. The fourth-order valence-electron chi connectivity index (χ4n) is 3.11. The molecular formula is C18H21F3N2O2S. The highest BCUT2D eigenvalue weighted by molar-refractivity contribution is 7.09. The average molecular weight is 386 g/mol. The largest absolute Gasteiger partial charge is 0.573 e. The van der Waals surface area contributed by atoms with Crippen LogP contribution in [0.3, 0.4) is 0 Å². The number of aromatic nitrogens is 1. The summed E-state index contributed by atoms with van der Waals surface area (Å²) < 4.78 is 46.8. The number of hydrogen-bond acceptors (Lipinski definition) is 5. The van der Waals surface area contributed by atoms with E-state index in [2.05, 4.69) is 14.6 Å². The van der Waals surface area contributed by atoms with E-state index in [0.717, 1.165) is 41.3 Å². The van der Waals surface area contributed by atoms with Gasteiger partial charge in [-0.15, -0.1) is 24.5 Å². The van der Waals surface area contributed by atoms with Crippen LogP contribution in [-0.2, 0) is 17.7 Å². The number of ether oxygens (including phenoxy) is 2. The summed E-state index contributed by atoms with van der Waals surface area (Å²) in [6.45, 7) is 6.04. The molecule has 1 unspecified atom stereocenters. The molecule has 1 aliphatic heterocycles. The zero-order valence-electron chi connectivity index (χ0n) is 14.7. The van der Waals surface area contributed by atoms with Gasteiger partial charge in [-0.05, 0) is 50.5 Å². The van der Waals surface area contributed by atoms with E-state index in [1.54, 1.807) is 17.4 Å². The number of benzene rings is 1. The Balaban J connectivity index is 1.73. The molecule has 8 heteroatoms. The molecule has 0 radical (unpaired) electrons. The molecule has 1 aromatic heterocycles. The second kappa shape index (κ2) is 7.84. The standard InChI is InChI=1S/C18H21F3N2O2S/c1-3-24-12(2)17-22-14(11-26-17)10-23-8-4-5-13-9-15(6-7-16(13)23)25-18(19,20)21/h6-7,9,11-12H,3-5,8,10H2,1-2H3. The van der Waals surface area contributed by atoms with Gasteiger partial charge in [-0.1, -0.05) is 0 Å². The van der Waals surface area contributed by atoms with E-state index in [1.807, 2.05) is 19.2 Å². The summed E-state index contributed by atoms with van der Waals surface area (Å²) in [5, 5.41) is 2.95. The lowest BCUT2D eigenvalue weighted by molar-refractivity contribution is -0.274. The molecule has 26 heavy (non-hydrogen) atoms. The van der Waals surface area contributed by atoms with Gasteiger partial charge in [0.25, 0.3) is 0 Å². The van der Waals surface area contributed by atoms with Crippen molar-refractivity contribution in [3.8, 4) is 5.75 Å². The molecule has 4 nitrogen and oxygen atoms in total. The van der Waals surface area contributed by atoms with Gasteiger partial charge in [-0.3, -0.25) is 0 Å². The Morgan fingerprint density at radius 1 is 1.35 bits per heavy atom. The molecule has 0 N–H and O–H groups in total. The first-order chi connectivity index (χ1) is 12.4. The SMILES string of the molecule is CCOC(C)c1nc(CN2CCCc3cc(OC(F)(F)F)ccc32)cs1. The second-order valence-corrected chi connectivity index (χ2v) is 7.03. The van der Waals surface area contributed by atoms with Crippen LogP contribution in [0.1, 0.15) is 42.6 Å². The van der Waals surface area contributed by atoms with E-state index < -0.39 is 6.36 Å². The third-order valence-corrected chi connectivity index (χ3v) is 5.24. The van der Waals surface area contributed by atoms with Crippen LogP contribution in [-0.4, -0.2) is 24.5 Å². The fraction of sp³-hybridized carbons (Fsp3) is 0.500. The smallest absolute Gasteiger partial charge is 0.406 e. The predicted molar refractivity (Wildman–Crippen MR) is 94.7 cm³/mol. The van der Waals surface area contributed by atoms with E-state index in [0.29, 0.717) is 13.2 Å². The highest BCUT2D eigenvalue weighted by atomic mass is 32.1. The van der Waals surface area contributed by atoms with Crippen LogP contribution in [0, 0.1) is 0 Å². The van der Waals surface area contributed by atoms with Gasteiger partial charge in [-0.2, -0.15) is 0 Å². The fourth-order valence-corrected chi connectivity index (χ4v) is 3.93. The van der Waals surface area contributed by atoms with E-state index in [4.69, 9.17) is 4.74 Å². The Hall–Kier alpha value is -1.80. The Morgan fingerprint density at radius 2 is 2.15 bits per heavy atom. The van der Waals surface area contributed by atoms with Gasteiger partial charge >= 0.3 is 6.36 Å². The average Bonchev–Trinajstić information content (AvgIpc) is 3.02. The number of nitrogens with zero attached hydrogens (tertiary/aromatic N) is 2. The molecule has 1 atom stereocenters. The van der Waals surface area contributed by atoms with Crippen LogP contribution >= 0.6 is 11.3 Å². The minimum Gasteiger partial charge on any atom is -0.406 e. The van der Waals surface area contributed by atoms with Crippen molar-refractivity contribution in [3.05, 3.63) is 39.8 Å². The van der Waals surface area contributed by atoms with Gasteiger partial charge in [0.2, 0.25) is 0 Å². The van der Waals surface area contributed by atoms with Gasteiger partial charge in [0.1, 0.15) is 16.9 Å². The first-order valence-corrected chi connectivity index (χ1v) is 9.43. The topological polar surface area (TPSA) is 34.6 Å². The molecule has 0 spiro atoms. The summed E-state index contributed by atoms with van der Waals surface area (Å²) in [5.74, 6) is -0.167. The molecule has 0 amide bonds. The van der Waals surface area contributed by atoms with Crippen molar-refractivity contribution < 1.29 is 22.6 Å². The molecule has 1 aliphatic rings. The molecule has 142 valence electrons. The predicted octanol–water partition coefficient (Wildman–Crippen LogP) is 5.09. The number of rotatable bonds is 6.